The molecule has 23 heavy (non-hydrogen) atoms. The summed E-state index contributed by atoms with van der Waals surface area (Å²) in [5.74, 6) is -0.487. The van der Waals surface area contributed by atoms with E-state index in [1.165, 1.54) is 12.1 Å². The van der Waals surface area contributed by atoms with Crippen LogP contribution in [0.15, 0.2) is 42.5 Å². The van der Waals surface area contributed by atoms with Crippen molar-refractivity contribution in [3.8, 4) is 0 Å². The summed E-state index contributed by atoms with van der Waals surface area (Å²) in [7, 11) is -3.98. The van der Waals surface area contributed by atoms with E-state index < -0.39 is 27.5 Å². The first-order chi connectivity index (χ1) is 10.6. The van der Waals surface area contributed by atoms with Crippen molar-refractivity contribution in [1.29, 1.82) is 0 Å². The van der Waals surface area contributed by atoms with Crippen LogP contribution >= 0.6 is 23.2 Å². The highest BCUT2D eigenvalue weighted by Crippen LogP contribution is 2.34. The summed E-state index contributed by atoms with van der Waals surface area (Å²) >= 11 is 11.6. The average Bonchev–Trinajstić information content (AvgIpc) is 2.42. The van der Waals surface area contributed by atoms with Gasteiger partial charge in [0.25, 0.3) is 0 Å². The normalized spacial score (nSPS) is 12.2. The molecule has 2 rings (SSSR count). The van der Waals surface area contributed by atoms with Crippen LogP contribution in [0.2, 0.25) is 10.0 Å². The van der Waals surface area contributed by atoms with E-state index in [9.17, 15) is 21.6 Å². The fourth-order valence-corrected chi connectivity index (χ4v) is 3.54. The molecule has 124 valence electrons. The van der Waals surface area contributed by atoms with E-state index >= 15 is 0 Å². The predicted octanol–water partition coefficient (Wildman–Crippen LogP) is 4.95. The zero-order chi connectivity index (χ0) is 17.3. The summed E-state index contributed by atoms with van der Waals surface area (Å²) in [6, 6.07) is 8.67. The average molecular weight is 384 g/mol. The van der Waals surface area contributed by atoms with Gasteiger partial charge in [-0.1, -0.05) is 41.4 Å². The van der Waals surface area contributed by atoms with Gasteiger partial charge in [-0.25, -0.2) is 8.42 Å². The van der Waals surface area contributed by atoms with Crippen LogP contribution < -0.4 is 4.72 Å². The van der Waals surface area contributed by atoms with Gasteiger partial charge in [0, 0.05) is 5.02 Å². The number of anilines is 1. The third-order valence-electron chi connectivity index (χ3n) is 2.86. The molecule has 9 heteroatoms. The second-order valence-corrected chi connectivity index (χ2v) is 7.18. The van der Waals surface area contributed by atoms with Gasteiger partial charge in [-0.3, -0.25) is 4.72 Å². The quantitative estimate of drug-likeness (QED) is 0.811. The molecule has 0 saturated heterocycles. The van der Waals surface area contributed by atoms with Gasteiger partial charge in [0.15, 0.2) is 0 Å². The van der Waals surface area contributed by atoms with Gasteiger partial charge in [-0.05, 0) is 29.8 Å². The van der Waals surface area contributed by atoms with Gasteiger partial charge in [0.2, 0.25) is 10.0 Å². The van der Waals surface area contributed by atoms with Crippen molar-refractivity contribution in [2.75, 3.05) is 4.72 Å². The molecule has 0 heterocycles. The molecule has 2 aromatic carbocycles. The van der Waals surface area contributed by atoms with Crippen LogP contribution in [0.5, 0.6) is 0 Å². The first-order valence-corrected chi connectivity index (χ1v) is 8.60. The summed E-state index contributed by atoms with van der Waals surface area (Å²) < 4.78 is 64.4. The van der Waals surface area contributed by atoms with Crippen LogP contribution in [0, 0.1) is 0 Å². The predicted molar refractivity (Wildman–Crippen MR) is 84.2 cm³/mol. The molecule has 0 aromatic heterocycles. The van der Waals surface area contributed by atoms with Crippen LogP contribution in [-0.2, 0) is 22.0 Å². The Bertz CT molecular complexity index is 823. The van der Waals surface area contributed by atoms with Crippen molar-refractivity contribution in [2.24, 2.45) is 0 Å². The van der Waals surface area contributed by atoms with Crippen LogP contribution in [0.3, 0.4) is 0 Å². The highest BCUT2D eigenvalue weighted by atomic mass is 35.5. The molecule has 0 unspecified atom stereocenters. The minimum absolute atomic E-state index is 0.138. The zero-order valence-corrected chi connectivity index (χ0v) is 13.7. The highest BCUT2D eigenvalue weighted by molar-refractivity contribution is 7.91. The SMILES string of the molecule is O=S(=O)(Cc1ccccc1Cl)Nc1cc(C(F)(F)F)ccc1Cl. The summed E-state index contributed by atoms with van der Waals surface area (Å²) in [5, 5.41) is 0.105. The second kappa shape index (κ2) is 6.59. The van der Waals surface area contributed by atoms with E-state index in [1.54, 1.807) is 12.1 Å². The molecule has 0 radical (unpaired) electrons. The molecule has 3 nitrogen and oxygen atoms in total. The van der Waals surface area contributed by atoms with E-state index in [0.717, 1.165) is 12.1 Å². The molecule has 0 aliphatic rings. The fraction of sp³-hybridized carbons (Fsp3) is 0.143. The van der Waals surface area contributed by atoms with Crippen LogP contribution in [0.25, 0.3) is 0 Å². The number of hydrogen-bond donors (Lipinski definition) is 1. The van der Waals surface area contributed by atoms with E-state index in [2.05, 4.69) is 4.72 Å². The number of benzene rings is 2. The Morgan fingerprint density at radius 2 is 1.65 bits per heavy atom. The van der Waals surface area contributed by atoms with Gasteiger partial charge in [0.1, 0.15) is 0 Å². The van der Waals surface area contributed by atoms with E-state index in [-0.39, 0.29) is 15.7 Å². The first kappa shape index (κ1) is 17.9. The fourth-order valence-electron chi connectivity index (χ4n) is 1.80. The van der Waals surface area contributed by atoms with E-state index in [1.807, 2.05) is 0 Å². The number of hydrogen-bond acceptors (Lipinski definition) is 2. The molecule has 0 aliphatic heterocycles. The maximum absolute atomic E-state index is 12.7. The smallest absolute Gasteiger partial charge is 0.282 e. The van der Waals surface area contributed by atoms with Crippen molar-refractivity contribution in [2.45, 2.75) is 11.9 Å². The van der Waals surface area contributed by atoms with Gasteiger partial charge in [-0.15, -0.1) is 0 Å². The summed E-state index contributed by atoms with van der Waals surface area (Å²) in [6.07, 6.45) is -4.60. The van der Waals surface area contributed by atoms with Crippen LogP contribution in [0.4, 0.5) is 18.9 Å². The van der Waals surface area contributed by atoms with Gasteiger partial charge in [-0.2, -0.15) is 13.2 Å². The molecular formula is C14H10Cl2F3NO2S. The molecule has 0 bridgehead atoms. The number of alkyl halides is 3. The Hall–Kier alpha value is -1.44. The molecule has 0 amide bonds. The molecule has 1 N–H and O–H groups in total. The Morgan fingerprint density at radius 3 is 2.26 bits per heavy atom. The number of nitrogens with one attached hydrogen (secondary N) is 1. The highest BCUT2D eigenvalue weighted by Gasteiger charge is 2.31. The molecule has 0 saturated carbocycles. The van der Waals surface area contributed by atoms with Gasteiger partial charge in [0.05, 0.1) is 22.0 Å². The summed E-state index contributed by atoms with van der Waals surface area (Å²) in [6.45, 7) is 0. The lowest BCUT2D eigenvalue weighted by Gasteiger charge is -2.13. The molecule has 0 aliphatic carbocycles. The minimum atomic E-state index is -4.60. The van der Waals surface area contributed by atoms with Gasteiger partial charge < -0.3 is 0 Å². The molecular weight excluding hydrogens is 374 g/mol. The standard InChI is InChI=1S/C14H10Cl2F3NO2S/c15-11-4-2-1-3-9(11)8-23(21,22)20-13-7-10(14(17,18)19)5-6-12(13)16/h1-7,20H,8H2. The van der Waals surface area contributed by atoms with Crippen molar-refractivity contribution < 1.29 is 21.6 Å². The van der Waals surface area contributed by atoms with Crippen molar-refractivity contribution in [3.05, 3.63) is 63.6 Å². The lowest BCUT2D eigenvalue weighted by molar-refractivity contribution is -0.137. The lowest BCUT2D eigenvalue weighted by Crippen LogP contribution is -2.16. The van der Waals surface area contributed by atoms with Crippen LogP contribution in [-0.4, -0.2) is 8.42 Å². The minimum Gasteiger partial charge on any atom is -0.282 e. The summed E-state index contributed by atoms with van der Waals surface area (Å²) in [4.78, 5) is 0. The maximum Gasteiger partial charge on any atom is 0.416 e. The van der Waals surface area contributed by atoms with Crippen molar-refractivity contribution in [1.82, 2.24) is 0 Å². The molecule has 0 fully saturated rings. The Balaban J connectivity index is 2.29. The Labute approximate surface area is 141 Å². The van der Waals surface area contributed by atoms with Crippen molar-refractivity contribution in [3.63, 3.8) is 0 Å². The summed E-state index contributed by atoms with van der Waals surface area (Å²) in [5.41, 5.74) is -1.02. The van der Waals surface area contributed by atoms with E-state index in [4.69, 9.17) is 23.2 Å². The van der Waals surface area contributed by atoms with Gasteiger partial charge >= 0.3 is 6.18 Å². The topological polar surface area (TPSA) is 46.2 Å². The lowest BCUT2D eigenvalue weighted by atomic mass is 10.2. The Kier molecular flexibility index (Phi) is 5.13. The molecule has 0 atom stereocenters. The monoisotopic (exact) mass is 383 g/mol. The molecule has 2 aromatic rings. The van der Waals surface area contributed by atoms with Crippen LogP contribution in [0.1, 0.15) is 11.1 Å². The third-order valence-corrected chi connectivity index (χ3v) is 4.78. The number of rotatable bonds is 4. The largest absolute Gasteiger partial charge is 0.416 e. The van der Waals surface area contributed by atoms with Crippen molar-refractivity contribution >= 4 is 38.9 Å². The second-order valence-electron chi connectivity index (χ2n) is 4.64. The molecule has 0 spiro atoms. The zero-order valence-electron chi connectivity index (χ0n) is 11.4. The maximum atomic E-state index is 12.7. The first-order valence-electron chi connectivity index (χ1n) is 6.19. The van der Waals surface area contributed by atoms with E-state index in [0.29, 0.717) is 11.6 Å². The third kappa shape index (κ3) is 4.76. The number of halogens is 5. The number of sulfonamides is 1. The Morgan fingerprint density at radius 1 is 1.00 bits per heavy atom.